The van der Waals surface area contributed by atoms with E-state index in [1.54, 1.807) is 18.9 Å². The van der Waals surface area contributed by atoms with Crippen LogP contribution >= 0.6 is 11.8 Å². The summed E-state index contributed by atoms with van der Waals surface area (Å²) in [5.41, 5.74) is 0. The highest BCUT2D eigenvalue weighted by molar-refractivity contribution is 7.98. The van der Waals surface area contributed by atoms with Crippen molar-refractivity contribution in [1.29, 1.82) is 0 Å². The van der Waals surface area contributed by atoms with Crippen LogP contribution in [0.25, 0.3) is 0 Å². The summed E-state index contributed by atoms with van der Waals surface area (Å²) in [5.74, 6) is 1.72. The van der Waals surface area contributed by atoms with E-state index in [1.807, 2.05) is 19.4 Å². The van der Waals surface area contributed by atoms with E-state index in [1.165, 1.54) is 6.42 Å². The smallest absolute Gasteiger partial charge is 0.191 e. The molecule has 0 saturated heterocycles. The average Bonchev–Trinajstić information content (AvgIpc) is 2.42. The topological polar surface area (TPSA) is 59.1 Å². The molecule has 1 aromatic rings. The Kier molecular flexibility index (Phi) is 7.52. The minimum absolute atomic E-state index is 0.781. The van der Waals surface area contributed by atoms with Crippen LogP contribution in [0.2, 0.25) is 0 Å². The molecule has 0 aliphatic rings. The molecule has 0 radical (unpaired) electrons. The number of ether oxygens (including phenoxy) is 1. The molecule has 0 bridgehead atoms. The molecule has 0 fully saturated rings. The van der Waals surface area contributed by atoms with Crippen molar-refractivity contribution in [2.75, 3.05) is 44.2 Å². The third-order valence-electron chi connectivity index (χ3n) is 2.48. The van der Waals surface area contributed by atoms with Crippen molar-refractivity contribution >= 4 is 23.4 Å². The van der Waals surface area contributed by atoms with E-state index in [9.17, 15) is 0 Å². The quantitative estimate of drug-likeness (QED) is 0.408. The second-order valence-corrected chi connectivity index (χ2v) is 4.63. The molecule has 5 nitrogen and oxygen atoms in total. The Hall–Kier alpha value is -1.01. The lowest BCUT2D eigenvalue weighted by atomic mass is 10.2. The minimum atomic E-state index is 0.781. The number of aromatic nitrogens is 2. The number of hydrogen-bond acceptors (Lipinski definition) is 6. The molecule has 0 unspecified atom stereocenters. The molecule has 0 amide bonds. The molecular weight excluding hydrogens is 248 g/mol. The fraction of sp³-hybridized carbons (Fsp3) is 0.667. The van der Waals surface area contributed by atoms with Crippen LogP contribution in [0.4, 0.5) is 11.6 Å². The largest absolute Gasteiger partial charge is 0.385 e. The van der Waals surface area contributed by atoms with Gasteiger partial charge in [0.1, 0.15) is 11.6 Å². The standard InChI is InChI=1S/C12H22N4OS/c1-13-10-9-11(16-12(15-10)18-3)14-7-5-4-6-8-17-2/h9H,4-8H2,1-3H3,(H2,13,14,15,16). The minimum Gasteiger partial charge on any atom is -0.385 e. The van der Waals surface area contributed by atoms with Gasteiger partial charge in [-0.3, -0.25) is 0 Å². The van der Waals surface area contributed by atoms with Crippen molar-refractivity contribution in [3.63, 3.8) is 0 Å². The lowest BCUT2D eigenvalue weighted by Crippen LogP contribution is -2.06. The zero-order chi connectivity index (χ0) is 13.2. The summed E-state index contributed by atoms with van der Waals surface area (Å²) in [4.78, 5) is 8.73. The number of methoxy groups -OCH3 is 1. The Bertz CT molecular complexity index is 327. The van der Waals surface area contributed by atoms with Crippen molar-refractivity contribution in [3.05, 3.63) is 6.07 Å². The monoisotopic (exact) mass is 270 g/mol. The first kappa shape index (κ1) is 15.0. The van der Waals surface area contributed by atoms with Gasteiger partial charge in [-0.2, -0.15) is 0 Å². The third kappa shape index (κ3) is 5.55. The predicted molar refractivity (Wildman–Crippen MR) is 77.6 cm³/mol. The normalized spacial score (nSPS) is 10.4. The average molecular weight is 270 g/mol. The van der Waals surface area contributed by atoms with Gasteiger partial charge in [0.25, 0.3) is 0 Å². The van der Waals surface area contributed by atoms with E-state index in [0.717, 1.165) is 42.8 Å². The van der Waals surface area contributed by atoms with Crippen LogP contribution in [0.1, 0.15) is 19.3 Å². The van der Waals surface area contributed by atoms with Gasteiger partial charge >= 0.3 is 0 Å². The van der Waals surface area contributed by atoms with Crippen LogP contribution in [0, 0.1) is 0 Å². The first-order valence-corrected chi connectivity index (χ1v) is 7.36. The fourth-order valence-corrected chi connectivity index (χ4v) is 1.88. The summed E-state index contributed by atoms with van der Waals surface area (Å²) in [5, 5.41) is 7.15. The first-order valence-electron chi connectivity index (χ1n) is 6.13. The number of nitrogens with zero attached hydrogens (tertiary/aromatic N) is 2. The van der Waals surface area contributed by atoms with Crippen LogP contribution < -0.4 is 10.6 Å². The van der Waals surface area contributed by atoms with Crippen molar-refractivity contribution in [3.8, 4) is 0 Å². The molecule has 0 aromatic carbocycles. The van der Waals surface area contributed by atoms with Gasteiger partial charge in [0.2, 0.25) is 0 Å². The van der Waals surface area contributed by atoms with Gasteiger partial charge in [0.05, 0.1) is 0 Å². The maximum absolute atomic E-state index is 5.02. The molecule has 0 atom stereocenters. The second-order valence-electron chi connectivity index (χ2n) is 3.86. The summed E-state index contributed by atoms with van der Waals surface area (Å²) in [6.07, 6.45) is 5.38. The van der Waals surface area contributed by atoms with Crippen molar-refractivity contribution in [2.24, 2.45) is 0 Å². The number of hydrogen-bond donors (Lipinski definition) is 2. The lowest BCUT2D eigenvalue weighted by molar-refractivity contribution is 0.192. The number of thioether (sulfide) groups is 1. The number of unbranched alkanes of at least 4 members (excludes halogenated alkanes) is 2. The van der Waals surface area contributed by atoms with E-state index in [4.69, 9.17) is 4.74 Å². The maximum Gasteiger partial charge on any atom is 0.191 e. The molecular formula is C12H22N4OS. The van der Waals surface area contributed by atoms with Gasteiger partial charge in [0.15, 0.2) is 5.16 Å². The van der Waals surface area contributed by atoms with E-state index >= 15 is 0 Å². The summed E-state index contributed by atoms with van der Waals surface area (Å²) in [6.45, 7) is 1.77. The number of rotatable bonds is 9. The maximum atomic E-state index is 5.02. The van der Waals surface area contributed by atoms with E-state index in [2.05, 4.69) is 20.6 Å². The van der Waals surface area contributed by atoms with Gasteiger partial charge in [0, 0.05) is 33.4 Å². The Morgan fingerprint density at radius 2 is 2.00 bits per heavy atom. The van der Waals surface area contributed by atoms with Crippen LogP contribution in [0.15, 0.2) is 11.2 Å². The fourth-order valence-electron chi connectivity index (χ4n) is 1.50. The molecule has 102 valence electrons. The Morgan fingerprint density at radius 1 is 1.22 bits per heavy atom. The second kappa shape index (κ2) is 8.99. The third-order valence-corrected chi connectivity index (χ3v) is 3.02. The summed E-state index contributed by atoms with van der Waals surface area (Å²) >= 11 is 1.54. The predicted octanol–water partition coefficient (Wildman–Crippen LogP) is 2.47. The van der Waals surface area contributed by atoms with Crippen LogP contribution in [0.3, 0.4) is 0 Å². The van der Waals surface area contributed by atoms with Crippen molar-refractivity contribution in [1.82, 2.24) is 9.97 Å². The molecule has 2 N–H and O–H groups in total. The van der Waals surface area contributed by atoms with Gasteiger partial charge < -0.3 is 15.4 Å². The molecule has 1 rings (SSSR count). The lowest BCUT2D eigenvalue weighted by Gasteiger charge is -2.08. The zero-order valence-electron chi connectivity index (χ0n) is 11.3. The van der Waals surface area contributed by atoms with Crippen LogP contribution in [-0.4, -0.2) is 43.5 Å². The van der Waals surface area contributed by atoms with Gasteiger partial charge in [-0.15, -0.1) is 0 Å². The molecule has 0 spiro atoms. The van der Waals surface area contributed by atoms with Crippen LogP contribution in [-0.2, 0) is 4.74 Å². The van der Waals surface area contributed by atoms with Gasteiger partial charge in [-0.25, -0.2) is 9.97 Å². The van der Waals surface area contributed by atoms with E-state index < -0.39 is 0 Å². The molecule has 0 saturated carbocycles. The van der Waals surface area contributed by atoms with E-state index in [0.29, 0.717) is 0 Å². The van der Waals surface area contributed by atoms with Crippen molar-refractivity contribution in [2.45, 2.75) is 24.4 Å². The molecule has 6 heteroatoms. The highest BCUT2D eigenvalue weighted by atomic mass is 32.2. The van der Waals surface area contributed by atoms with Gasteiger partial charge in [-0.1, -0.05) is 11.8 Å². The van der Waals surface area contributed by atoms with E-state index in [-0.39, 0.29) is 0 Å². The molecule has 1 aromatic heterocycles. The summed E-state index contributed by atoms with van der Waals surface area (Å²) in [7, 11) is 3.60. The van der Waals surface area contributed by atoms with Gasteiger partial charge in [-0.05, 0) is 25.5 Å². The Balaban J connectivity index is 2.36. The molecule has 0 aliphatic carbocycles. The molecule has 18 heavy (non-hydrogen) atoms. The highest BCUT2D eigenvalue weighted by Crippen LogP contribution is 2.16. The van der Waals surface area contributed by atoms with Crippen molar-refractivity contribution < 1.29 is 4.74 Å². The first-order chi connectivity index (χ1) is 8.80. The number of nitrogens with one attached hydrogen (secondary N) is 2. The summed E-state index contributed by atoms with van der Waals surface area (Å²) in [6, 6.07) is 1.93. The summed E-state index contributed by atoms with van der Waals surface area (Å²) < 4.78 is 5.02. The Labute approximate surface area is 113 Å². The highest BCUT2D eigenvalue weighted by Gasteiger charge is 2.02. The zero-order valence-corrected chi connectivity index (χ0v) is 12.1. The molecule has 0 aliphatic heterocycles. The SMILES string of the molecule is CNc1cc(NCCCCCOC)nc(SC)n1. The van der Waals surface area contributed by atoms with Crippen LogP contribution in [0.5, 0.6) is 0 Å². The molecule has 1 heterocycles. The number of anilines is 2. The Morgan fingerprint density at radius 3 is 2.67 bits per heavy atom.